The van der Waals surface area contributed by atoms with Crippen molar-refractivity contribution in [2.24, 2.45) is 0 Å². The van der Waals surface area contributed by atoms with Crippen molar-refractivity contribution in [3.8, 4) is 11.4 Å². The van der Waals surface area contributed by atoms with Gasteiger partial charge in [-0.05, 0) is 50.2 Å². The lowest BCUT2D eigenvalue weighted by molar-refractivity contribution is -0.00545. The molecule has 4 aromatic heterocycles. The van der Waals surface area contributed by atoms with Gasteiger partial charge in [0.15, 0.2) is 0 Å². The van der Waals surface area contributed by atoms with Crippen molar-refractivity contribution in [2.45, 2.75) is 52.1 Å². The second-order valence-corrected chi connectivity index (χ2v) is 10.0. The second-order valence-electron chi connectivity index (χ2n) is 10.0. The minimum atomic E-state index is -0.852. The van der Waals surface area contributed by atoms with Crippen molar-refractivity contribution in [2.75, 3.05) is 18.0 Å². The standard InChI is InChI=1S/C28H30N8O2/c1-18-16-35(17-19(2)38-18)26-8-6-7-22(33-26)23-10-9-20-14-30-21(13-25(20)32-23)15-31-27(37)24-11-12-36(34-24)28(3,4)29-5/h6-14,18-19H,15-17H2,1-4H3,(H,31,37)/t18-,19+. The van der Waals surface area contributed by atoms with E-state index in [0.29, 0.717) is 5.69 Å². The highest BCUT2D eigenvalue weighted by Crippen LogP contribution is 2.24. The number of amides is 1. The van der Waals surface area contributed by atoms with Crippen LogP contribution in [0.15, 0.2) is 54.9 Å². The monoisotopic (exact) mass is 510 g/mol. The lowest BCUT2D eigenvalue weighted by atomic mass is 10.1. The normalized spacial score (nSPS) is 17.8. The van der Waals surface area contributed by atoms with E-state index >= 15 is 0 Å². The quantitative estimate of drug-likeness (QED) is 0.391. The average Bonchev–Trinajstić information content (AvgIpc) is 3.42. The van der Waals surface area contributed by atoms with E-state index < -0.39 is 5.66 Å². The molecule has 0 aliphatic carbocycles. The third kappa shape index (κ3) is 5.33. The first-order chi connectivity index (χ1) is 18.2. The van der Waals surface area contributed by atoms with Crippen LogP contribution in [0.4, 0.5) is 5.82 Å². The molecule has 1 saturated heterocycles. The number of rotatable bonds is 6. The maximum Gasteiger partial charge on any atom is 0.319 e. The first-order valence-electron chi connectivity index (χ1n) is 12.6. The fourth-order valence-electron chi connectivity index (χ4n) is 4.47. The third-order valence-corrected chi connectivity index (χ3v) is 6.46. The van der Waals surface area contributed by atoms with Crippen LogP contribution in [0.1, 0.15) is 43.9 Å². The molecule has 0 unspecified atom stereocenters. The number of carbonyl (C=O) groups is 1. The molecule has 10 nitrogen and oxygen atoms in total. The van der Waals surface area contributed by atoms with E-state index in [1.165, 1.54) is 4.68 Å². The van der Waals surface area contributed by atoms with Crippen molar-refractivity contribution in [3.63, 3.8) is 0 Å². The van der Waals surface area contributed by atoms with E-state index in [9.17, 15) is 4.79 Å². The molecule has 1 N–H and O–H groups in total. The summed E-state index contributed by atoms with van der Waals surface area (Å²) in [6.07, 6.45) is 3.68. The lowest BCUT2D eigenvalue weighted by Crippen LogP contribution is -2.45. The molecular weight excluding hydrogens is 480 g/mol. The number of fused-ring (bicyclic) bond motifs is 1. The van der Waals surface area contributed by atoms with Gasteiger partial charge in [0.25, 0.3) is 5.91 Å². The van der Waals surface area contributed by atoms with Crippen LogP contribution in [0, 0.1) is 6.57 Å². The van der Waals surface area contributed by atoms with Gasteiger partial charge in [0.05, 0.1) is 41.4 Å². The number of nitrogens with zero attached hydrogens (tertiary/aromatic N) is 7. The summed E-state index contributed by atoms with van der Waals surface area (Å²) >= 11 is 0. The number of ether oxygens (including phenoxy) is 1. The van der Waals surface area contributed by atoms with Crippen LogP contribution in [0.3, 0.4) is 0 Å². The van der Waals surface area contributed by atoms with E-state index in [0.717, 1.165) is 41.2 Å². The molecule has 0 spiro atoms. The number of aromatic nitrogens is 5. The van der Waals surface area contributed by atoms with Crippen LogP contribution < -0.4 is 10.2 Å². The number of hydrogen-bond donors (Lipinski definition) is 1. The minimum absolute atomic E-state index is 0.149. The molecule has 1 fully saturated rings. The summed E-state index contributed by atoms with van der Waals surface area (Å²) in [6.45, 7) is 16.8. The van der Waals surface area contributed by atoms with Gasteiger partial charge in [-0.1, -0.05) is 6.07 Å². The van der Waals surface area contributed by atoms with Gasteiger partial charge >= 0.3 is 5.66 Å². The summed E-state index contributed by atoms with van der Waals surface area (Å²) in [6, 6.07) is 13.4. The molecule has 4 aromatic rings. The summed E-state index contributed by atoms with van der Waals surface area (Å²) in [7, 11) is 0. The Morgan fingerprint density at radius 2 is 1.89 bits per heavy atom. The van der Waals surface area contributed by atoms with Gasteiger partial charge in [-0.25, -0.2) is 16.5 Å². The maximum atomic E-state index is 12.6. The number of morpholine rings is 1. The smallest absolute Gasteiger partial charge is 0.319 e. The highest BCUT2D eigenvalue weighted by atomic mass is 16.5. The Labute approximate surface area is 221 Å². The van der Waals surface area contributed by atoms with Gasteiger partial charge in [0.2, 0.25) is 0 Å². The van der Waals surface area contributed by atoms with E-state index in [-0.39, 0.29) is 30.4 Å². The third-order valence-electron chi connectivity index (χ3n) is 6.46. The molecule has 1 aliphatic heterocycles. The van der Waals surface area contributed by atoms with E-state index in [4.69, 9.17) is 21.3 Å². The summed E-state index contributed by atoms with van der Waals surface area (Å²) in [4.78, 5) is 32.6. The van der Waals surface area contributed by atoms with Gasteiger partial charge in [0.1, 0.15) is 11.5 Å². The first kappa shape index (κ1) is 25.3. The number of hydrogen-bond acceptors (Lipinski definition) is 7. The van der Waals surface area contributed by atoms with E-state index in [1.807, 2.05) is 36.4 Å². The van der Waals surface area contributed by atoms with Crippen molar-refractivity contribution >= 4 is 22.6 Å². The lowest BCUT2D eigenvalue weighted by Gasteiger charge is -2.36. The van der Waals surface area contributed by atoms with Crippen LogP contribution in [-0.4, -0.2) is 55.9 Å². The minimum Gasteiger partial charge on any atom is -0.372 e. The zero-order valence-corrected chi connectivity index (χ0v) is 21.9. The highest BCUT2D eigenvalue weighted by Gasteiger charge is 2.27. The van der Waals surface area contributed by atoms with Crippen LogP contribution >= 0.6 is 0 Å². The van der Waals surface area contributed by atoms with Gasteiger partial charge < -0.3 is 15.0 Å². The second kappa shape index (κ2) is 10.2. The zero-order valence-electron chi connectivity index (χ0n) is 21.9. The molecule has 5 heterocycles. The molecule has 1 amide bonds. The highest BCUT2D eigenvalue weighted by molar-refractivity contribution is 5.92. The summed E-state index contributed by atoms with van der Waals surface area (Å²) in [5.74, 6) is 0.577. The summed E-state index contributed by atoms with van der Waals surface area (Å²) in [5.41, 5.74) is 2.40. The predicted molar refractivity (Wildman–Crippen MR) is 144 cm³/mol. The fraction of sp³-hybridized carbons (Fsp3) is 0.357. The van der Waals surface area contributed by atoms with E-state index in [2.05, 4.69) is 39.0 Å². The van der Waals surface area contributed by atoms with Gasteiger partial charge in [-0.2, -0.15) is 9.78 Å². The largest absolute Gasteiger partial charge is 0.372 e. The Morgan fingerprint density at radius 3 is 2.66 bits per heavy atom. The molecule has 5 rings (SSSR count). The fourth-order valence-corrected chi connectivity index (χ4v) is 4.47. The predicted octanol–water partition coefficient (Wildman–Crippen LogP) is 4.04. The van der Waals surface area contributed by atoms with Crippen molar-refractivity contribution in [1.82, 2.24) is 30.0 Å². The molecule has 0 saturated carbocycles. The molecule has 10 heteroatoms. The van der Waals surface area contributed by atoms with Crippen molar-refractivity contribution in [3.05, 3.63) is 77.7 Å². The van der Waals surface area contributed by atoms with Crippen LogP contribution in [0.2, 0.25) is 0 Å². The molecule has 2 atom stereocenters. The summed E-state index contributed by atoms with van der Waals surface area (Å²) in [5, 5.41) is 8.00. The summed E-state index contributed by atoms with van der Waals surface area (Å²) < 4.78 is 7.35. The maximum absolute atomic E-state index is 12.6. The first-order valence-corrected chi connectivity index (χ1v) is 12.6. The number of carbonyl (C=O) groups excluding carboxylic acids is 1. The molecule has 1 aliphatic rings. The number of anilines is 1. The molecule has 194 valence electrons. The average molecular weight is 511 g/mol. The molecule has 0 bridgehead atoms. The van der Waals surface area contributed by atoms with Crippen molar-refractivity contribution in [1.29, 1.82) is 0 Å². The zero-order chi connectivity index (χ0) is 26.9. The Morgan fingerprint density at radius 1 is 1.13 bits per heavy atom. The van der Waals surface area contributed by atoms with E-state index in [1.54, 1.807) is 32.3 Å². The Kier molecular flexibility index (Phi) is 6.78. The van der Waals surface area contributed by atoms with Crippen LogP contribution in [-0.2, 0) is 16.9 Å². The molecule has 0 aromatic carbocycles. The van der Waals surface area contributed by atoms with Crippen molar-refractivity contribution < 1.29 is 9.53 Å². The number of pyridine rings is 3. The molecule has 38 heavy (non-hydrogen) atoms. The van der Waals surface area contributed by atoms with Gasteiger partial charge in [0, 0.05) is 44.7 Å². The Bertz CT molecular complexity index is 1510. The molecule has 0 radical (unpaired) electrons. The molecular formula is C28H30N8O2. The SMILES string of the molecule is [C-]#[N+]C(C)(C)n1ccc(C(=O)NCc2cc3nc(-c4cccc(N5C[C@@H](C)O[C@@H](C)C5)n4)ccc3cn2)n1. The van der Waals surface area contributed by atoms with Crippen LogP contribution in [0.5, 0.6) is 0 Å². The van der Waals surface area contributed by atoms with Gasteiger partial charge in [-0.15, -0.1) is 0 Å². The van der Waals surface area contributed by atoms with Gasteiger partial charge in [-0.3, -0.25) is 14.6 Å². The Hall–Kier alpha value is -4.36. The topological polar surface area (TPSA) is 102 Å². The Balaban J connectivity index is 1.32. The number of nitrogens with one attached hydrogen (secondary N) is 1. The van der Waals surface area contributed by atoms with Crippen LogP contribution in [0.25, 0.3) is 27.1 Å².